The Kier molecular flexibility index (Phi) is 5.46. The molecule has 0 fully saturated rings. The van der Waals surface area contributed by atoms with Crippen LogP contribution in [-0.4, -0.2) is 5.91 Å². The monoisotopic (exact) mass is 391 g/mol. The number of aromatic nitrogens is 1. The standard InChI is InChI=1S/C20H14ClF3N2O/c21-18-9-8-16(11-17(18)20(22,23)24)25-19(27)13-26-10-4-7-15(12-26)14-5-2-1-3-6-14/h1-12H,13H2/p+1. The lowest BCUT2D eigenvalue weighted by Crippen LogP contribution is -2.39. The zero-order valence-electron chi connectivity index (χ0n) is 14.0. The highest BCUT2D eigenvalue weighted by molar-refractivity contribution is 6.31. The molecule has 27 heavy (non-hydrogen) atoms. The number of nitrogens with one attached hydrogen (secondary N) is 1. The van der Waals surface area contributed by atoms with Gasteiger partial charge in [-0.15, -0.1) is 0 Å². The predicted octanol–water partition coefficient (Wildman–Crippen LogP) is 4.95. The summed E-state index contributed by atoms with van der Waals surface area (Å²) in [7, 11) is 0. The number of hydrogen-bond acceptors (Lipinski definition) is 1. The minimum Gasteiger partial charge on any atom is -0.321 e. The number of carbonyl (C=O) groups is 1. The second-order valence-corrected chi connectivity index (χ2v) is 6.28. The fourth-order valence-corrected chi connectivity index (χ4v) is 2.83. The summed E-state index contributed by atoms with van der Waals surface area (Å²) >= 11 is 5.59. The molecule has 3 aromatic rings. The van der Waals surface area contributed by atoms with E-state index < -0.39 is 22.7 Å². The number of pyridine rings is 1. The normalized spacial score (nSPS) is 11.3. The highest BCUT2D eigenvalue weighted by Crippen LogP contribution is 2.36. The van der Waals surface area contributed by atoms with E-state index in [9.17, 15) is 18.0 Å². The van der Waals surface area contributed by atoms with Gasteiger partial charge in [0.1, 0.15) is 0 Å². The minimum absolute atomic E-state index is 0.0371. The molecule has 0 radical (unpaired) electrons. The van der Waals surface area contributed by atoms with Gasteiger partial charge in [0.05, 0.1) is 10.6 Å². The molecule has 1 heterocycles. The summed E-state index contributed by atoms with van der Waals surface area (Å²) in [6.07, 6.45) is -1.07. The van der Waals surface area contributed by atoms with Gasteiger partial charge in [0.15, 0.2) is 12.4 Å². The number of amides is 1. The molecule has 2 aromatic carbocycles. The van der Waals surface area contributed by atoms with Gasteiger partial charge in [0.2, 0.25) is 6.54 Å². The van der Waals surface area contributed by atoms with Crippen LogP contribution >= 0.6 is 11.6 Å². The number of hydrogen-bond donors (Lipinski definition) is 1. The van der Waals surface area contributed by atoms with Crippen molar-refractivity contribution in [3.63, 3.8) is 0 Å². The molecule has 0 aliphatic rings. The van der Waals surface area contributed by atoms with E-state index in [4.69, 9.17) is 11.6 Å². The Morgan fingerprint density at radius 2 is 1.70 bits per heavy atom. The third-order valence-electron chi connectivity index (χ3n) is 3.85. The number of anilines is 1. The van der Waals surface area contributed by atoms with Crippen molar-refractivity contribution in [1.82, 2.24) is 0 Å². The number of nitrogens with zero attached hydrogens (tertiary/aromatic N) is 1. The maximum atomic E-state index is 12.9. The van der Waals surface area contributed by atoms with Crippen LogP contribution in [0.2, 0.25) is 5.02 Å². The fraction of sp³-hybridized carbons (Fsp3) is 0.100. The van der Waals surface area contributed by atoms with Gasteiger partial charge < -0.3 is 5.32 Å². The second-order valence-electron chi connectivity index (χ2n) is 5.87. The van der Waals surface area contributed by atoms with Gasteiger partial charge in [0, 0.05) is 17.3 Å². The van der Waals surface area contributed by atoms with Crippen molar-refractivity contribution in [2.24, 2.45) is 0 Å². The van der Waals surface area contributed by atoms with Crippen LogP contribution in [0.3, 0.4) is 0 Å². The summed E-state index contributed by atoms with van der Waals surface area (Å²) in [6.45, 7) is -0.0371. The third kappa shape index (κ3) is 4.86. The summed E-state index contributed by atoms with van der Waals surface area (Å²) in [4.78, 5) is 12.2. The first-order valence-electron chi connectivity index (χ1n) is 8.04. The number of carbonyl (C=O) groups excluding carboxylic acids is 1. The molecule has 1 N–H and O–H groups in total. The van der Waals surface area contributed by atoms with Crippen LogP contribution in [0.5, 0.6) is 0 Å². The van der Waals surface area contributed by atoms with Crippen LogP contribution in [0, 0.1) is 0 Å². The SMILES string of the molecule is O=C(C[n+]1cccc(-c2ccccc2)c1)Nc1ccc(Cl)c(C(F)(F)F)c1. The highest BCUT2D eigenvalue weighted by Gasteiger charge is 2.33. The molecule has 1 amide bonds. The van der Waals surface area contributed by atoms with Crippen LogP contribution in [0.15, 0.2) is 73.1 Å². The Labute approximate surface area is 159 Å². The van der Waals surface area contributed by atoms with Gasteiger partial charge in [-0.05, 0) is 29.8 Å². The molecule has 138 valence electrons. The summed E-state index contributed by atoms with van der Waals surface area (Å²) in [5.74, 6) is -0.444. The predicted molar refractivity (Wildman–Crippen MR) is 97.2 cm³/mol. The van der Waals surface area contributed by atoms with E-state index in [2.05, 4.69) is 5.32 Å². The molecule has 0 unspecified atom stereocenters. The lowest BCUT2D eigenvalue weighted by Gasteiger charge is -2.11. The summed E-state index contributed by atoms with van der Waals surface area (Å²) in [5.41, 5.74) is 0.980. The first-order chi connectivity index (χ1) is 12.8. The van der Waals surface area contributed by atoms with Crippen molar-refractivity contribution >= 4 is 23.2 Å². The Morgan fingerprint density at radius 3 is 2.41 bits per heavy atom. The maximum Gasteiger partial charge on any atom is 0.417 e. The lowest BCUT2D eigenvalue weighted by molar-refractivity contribution is -0.683. The Morgan fingerprint density at radius 1 is 1.00 bits per heavy atom. The molecular formula is C20H15ClF3N2O+. The third-order valence-corrected chi connectivity index (χ3v) is 4.18. The van der Waals surface area contributed by atoms with E-state index in [0.717, 1.165) is 23.3 Å². The van der Waals surface area contributed by atoms with Gasteiger partial charge in [-0.1, -0.05) is 41.9 Å². The van der Waals surface area contributed by atoms with Crippen LogP contribution < -0.4 is 9.88 Å². The molecule has 7 heteroatoms. The Hall–Kier alpha value is -2.86. The number of rotatable bonds is 4. The number of halogens is 4. The van der Waals surface area contributed by atoms with Gasteiger partial charge in [-0.3, -0.25) is 4.79 Å². The van der Waals surface area contributed by atoms with Crippen LogP contribution in [0.25, 0.3) is 11.1 Å². The van der Waals surface area contributed by atoms with Crippen molar-refractivity contribution in [2.75, 3.05) is 5.32 Å². The van der Waals surface area contributed by atoms with E-state index in [1.807, 2.05) is 36.4 Å². The van der Waals surface area contributed by atoms with Crippen molar-refractivity contribution in [1.29, 1.82) is 0 Å². The van der Waals surface area contributed by atoms with E-state index in [0.29, 0.717) is 0 Å². The van der Waals surface area contributed by atoms with E-state index in [1.165, 1.54) is 6.07 Å². The lowest BCUT2D eigenvalue weighted by atomic mass is 10.1. The number of benzene rings is 2. The van der Waals surface area contributed by atoms with Crippen molar-refractivity contribution in [3.8, 4) is 11.1 Å². The number of alkyl halides is 3. The molecular weight excluding hydrogens is 377 g/mol. The van der Waals surface area contributed by atoms with Crippen LogP contribution in [0.1, 0.15) is 5.56 Å². The molecule has 0 aliphatic heterocycles. The minimum atomic E-state index is -4.59. The Balaban J connectivity index is 1.74. The molecule has 1 aromatic heterocycles. The largest absolute Gasteiger partial charge is 0.417 e. The van der Waals surface area contributed by atoms with E-state index >= 15 is 0 Å². The molecule has 0 aliphatic carbocycles. The quantitative estimate of drug-likeness (QED) is 0.627. The smallest absolute Gasteiger partial charge is 0.321 e. The average Bonchev–Trinajstić information content (AvgIpc) is 2.63. The highest BCUT2D eigenvalue weighted by atomic mass is 35.5. The summed E-state index contributed by atoms with van der Waals surface area (Å²) in [5, 5.41) is 2.06. The molecule has 0 saturated heterocycles. The van der Waals surface area contributed by atoms with E-state index in [-0.39, 0.29) is 12.2 Å². The second kappa shape index (κ2) is 7.80. The van der Waals surface area contributed by atoms with Crippen molar-refractivity contribution in [3.05, 3.63) is 83.6 Å². The molecule has 0 saturated carbocycles. The van der Waals surface area contributed by atoms with Gasteiger partial charge in [0.25, 0.3) is 5.91 Å². The zero-order chi connectivity index (χ0) is 19.4. The zero-order valence-corrected chi connectivity index (χ0v) is 14.8. The van der Waals surface area contributed by atoms with Gasteiger partial charge >= 0.3 is 6.18 Å². The molecule has 0 atom stereocenters. The van der Waals surface area contributed by atoms with Crippen LogP contribution in [0.4, 0.5) is 18.9 Å². The average molecular weight is 392 g/mol. The van der Waals surface area contributed by atoms with Crippen molar-refractivity contribution in [2.45, 2.75) is 12.7 Å². The first-order valence-corrected chi connectivity index (χ1v) is 8.42. The molecule has 3 rings (SSSR count). The molecule has 0 spiro atoms. The maximum absolute atomic E-state index is 12.9. The van der Waals surface area contributed by atoms with E-state index in [1.54, 1.807) is 23.0 Å². The summed E-state index contributed by atoms with van der Waals surface area (Å²) < 4.78 is 40.4. The summed E-state index contributed by atoms with van der Waals surface area (Å²) in [6, 6.07) is 16.6. The first kappa shape index (κ1) is 18.9. The van der Waals surface area contributed by atoms with Gasteiger partial charge in [-0.25, -0.2) is 0 Å². The topological polar surface area (TPSA) is 33.0 Å². The fourth-order valence-electron chi connectivity index (χ4n) is 2.61. The molecule has 3 nitrogen and oxygen atoms in total. The van der Waals surface area contributed by atoms with Gasteiger partial charge in [-0.2, -0.15) is 17.7 Å². The molecule has 0 bridgehead atoms. The van der Waals surface area contributed by atoms with Crippen molar-refractivity contribution < 1.29 is 22.5 Å². The Bertz CT molecular complexity index is 959. The van der Waals surface area contributed by atoms with Crippen LogP contribution in [-0.2, 0) is 17.5 Å².